The van der Waals surface area contributed by atoms with Gasteiger partial charge in [0.05, 0.1) is 28.1 Å². The number of carbonyl (C=O) groups is 1. The monoisotopic (exact) mass is 426 g/mol. The fraction of sp³-hybridized carbons (Fsp3) is 0.273. The van der Waals surface area contributed by atoms with Crippen molar-refractivity contribution in [3.63, 3.8) is 0 Å². The zero-order valence-electron chi connectivity index (χ0n) is 15.8. The fourth-order valence-electron chi connectivity index (χ4n) is 2.67. The molecule has 1 heterocycles. The molecule has 1 amide bonds. The van der Waals surface area contributed by atoms with Gasteiger partial charge in [-0.2, -0.15) is 10.1 Å². The van der Waals surface area contributed by atoms with E-state index in [1.165, 1.54) is 5.01 Å². The van der Waals surface area contributed by atoms with Crippen LogP contribution in [0, 0.1) is 5.92 Å². The summed E-state index contributed by atoms with van der Waals surface area (Å²) in [6, 6.07) is 15.3. The maximum atomic E-state index is 12.8. The number of carbonyl (C=O) groups excluding carboxylic acids is 1. The van der Waals surface area contributed by atoms with E-state index in [1.54, 1.807) is 0 Å². The molecule has 1 atom stereocenters. The lowest BCUT2D eigenvalue weighted by Gasteiger charge is -2.13. The van der Waals surface area contributed by atoms with E-state index in [0.29, 0.717) is 23.8 Å². The van der Waals surface area contributed by atoms with Crippen molar-refractivity contribution in [2.45, 2.75) is 27.2 Å². The van der Waals surface area contributed by atoms with Crippen LogP contribution >= 0.6 is 15.9 Å². The summed E-state index contributed by atoms with van der Waals surface area (Å²) in [6.07, 6.45) is 2.95. The van der Waals surface area contributed by atoms with Crippen molar-refractivity contribution in [3.8, 4) is 5.75 Å². The highest BCUT2D eigenvalue weighted by Gasteiger charge is 2.28. The number of hydrogen-bond acceptors (Lipinski definition) is 3. The Kier molecular flexibility index (Phi) is 6.11. The number of hydrogen-bond donors (Lipinski definition) is 0. The standard InChI is InChI=1S/C22H23BrN2O2/c1-4-15(2)14-27-21-11-10-17(13-20(21)23)12-19-16(3)24-25(22(19)26)18-8-6-5-7-9-18/h5-13,15H,4,14H2,1-3H3/b19-12-. The lowest BCUT2D eigenvalue weighted by molar-refractivity contribution is -0.114. The predicted molar refractivity (Wildman–Crippen MR) is 114 cm³/mol. The van der Waals surface area contributed by atoms with Crippen LogP contribution in [0.2, 0.25) is 0 Å². The van der Waals surface area contributed by atoms with Crippen LogP contribution in [-0.4, -0.2) is 18.2 Å². The van der Waals surface area contributed by atoms with Crippen LogP contribution in [0.1, 0.15) is 32.8 Å². The van der Waals surface area contributed by atoms with Gasteiger partial charge in [0, 0.05) is 0 Å². The van der Waals surface area contributed by atoms with E-state index in [1.807, 2.05) is 61.5 Å². The van der Waals surface area contributed by atoms with E-state index < -0.39 is 0 Å². The number of hydrazone groups is 1. The van der Waals surface area contributed by atoms with Crippen molar-refractivity contribution in [1.82, 2.24) is 0 Å². The molecule has 0 radical (unpaired) electrons. The van der Waals surface area contributed by atoms with Gasteiger partial charge in [-0.1, -0.05) is 44.5 Å². The number of amides is 1. The van der Waals surface area contributed by atoms with E-state index >= 15 is 0 Å². The minimum absolute atomic E-state index is 0.119. The molecule has 0 bridgehead atoms. The first-order valence-corrected chi connectivity index (χ1v) is 9.88. The summed E-state index contributed by atoms with van der Waals surface area (Å²) in [5, 5.41) is 5.86. The molecular weight excluding hydrogens is 404 g/mol. The van der Waals surface area contributed by atoms with Crippen molar-refractivity contribution in [1.29, 1.82) is 0 Å². The third-order valence-electron chi connectivity index (χ3n) is 4.55. The van der Waals surface area contributed by atoms with Crippen LogP contribution in [0.4, 0.5) is 5.69 Å². The molecule has 140 valence electrons. The van der Waals surface area contributed by atoms with Gasteiger partial charge in [-0.05, 0) is 64.7 Å². The van der Waals surface area contributed by atoms with E-state index in [-0.39, 0.29) is 5.91 Å². The Morgan fingerprint density at radius 2 is 1.96 bits per heavy atom. The van der Waals surface area contributed by atoms with Crippen LogP contribution in [0.15, 0.2) is 63.7 Å². The highest BCUT2D eigenvalue weighted by molar-refractivity contribution is 9.10. The second kappa shape index (κ2) is 8.53. The largest absolute Gasteiger partial charge is 0.492 e. The normalized spacial score (nSPS) is 16.6. The van der Waals surface area contributed by atoms with Crippen LogP contribution in [-0.2, 0) is 4.79 Å². The van der Waals surface area contributed by atoms with E-state index in [2.05, 4.69) is 34.9 Å². The highest BCUT2D eigenvalue weighted by Crippen LogP contribution is 2.29. The SMILES string of the molecule is CCC(C)COc1ccc(/C=C2\C(=O)N(c3ccccc3)N=C2C)cc1Br. The van der Waals surface area contributed by atoms with Crippen LogP contribution in [0.3, 0.4) is 0 Å². The van der Waals surface area contributed by atoms with Crippen LogP contribution in [0.25, 0.3) is 6.08 Å². The molecule has 5 heteroatoms. The summed E-state index contributed by atoms with van der Waals surface area (Å²) < 4.78 is 6.74. The first-order valence-electron chi connectivity index (χ1n) is 9.08. The lowest BCUT2D eigenvalue weighted by atomic mass is 10.1. The first-order chi connectivity index (χ1) is 13.0. The summed E-state index contributed by atoms with van der Waals surface area (Å²) in [6.45, 7) is 6.86. The maximum Gasteiger partial charge on any atom is 0.280 e. The number of benzene rings is 2. The molecule has 1 unspecified atom stereocenters. The summed E-state index contributed by atoms with van der Waals surface area (Å²) >= 11 is 3.57. The molecule has 1 aliphatic rings. The van der Waals surface area contributed by atoms with Gasteiger partial charge in [0.15, 0.2) is 0 Å². The molecular formula is C22H23BrN2O2. The smallest absolute Gasteiger partial charge is 0.280 e. The second-order valence-corrected chi connectivity index (χ2v) is 7.56. The van der Waals surface area contributed by atoms with Gasteiger partial charge in [0.1, 0.15) is 5.75 Å². The maximum absolute atomic E-state index is 12.8. The van der Waals surface area contributed by atoms with Gasteiger partial charge in [-0.25, -0.2) is 0 Å². The highest BCUT2D eigenvalue weighted by atomic mass is 79.9. The number of halogens is 1. The molecule has 3 rings (SSSR count). The van der Waals surface area contributed by atoms with Crippen LogP contribution in [0.5, 0.6) is 5.75 Å². The molecule has 27 heavy (non-hydrogen) atoms. The molecule has 0 aromatic heterocycles. The average Bonchev–Trinajstić information content (AvgIpc) is 2.96. The Bertz CT molecular complexity index is 890. The third kappa shape index (κ3) is 4.48. The number of anilines is 1. The molecule has 0 aliphatic carbocycles. The zero-order chi connectivity index (χ0) is 19.4. The Balaban J connectivity index is 1.79. The first kappa shape index (κ1) is 19.4. The number of ether oxygens (including phenoxy) is 1. The fourth-order valence-corrected chi connectivity index (χ4v) is 3.18. The minimum atomic E-state index is -0.119. The van der Waals surface area contributed by atoms with Crippen molar-refractivity contribution >= 4 is 39.3 Å². The van der Waals surface area contributed by atoms with Gasteiger partial charge in [-0.15, -0.1) is 0 Å². The minimum Gasteiger partial charge on any atom is -0.492 e. The Hall–Kier alpha value is -2.40. The van der Waals surface area contributed by atoms with Gasteiger partial charge >= 0.3 is 0 Å². The third-order valence-corrected chi connectivity index (χ3v) is 5.17. The number of nitrogens with zero attached hydrogens (tertiary/aromatic N) is 2. The van der Waals surface area contributed by atoms with Gasteiger partial charge in [0.25, 0.3) is 5.91 Å². The van der Waals surface area contributed by atoms with Crippen molar-refractivity contribution in [2.75, 3.05) is 11.6 Å². The summed E-state index contributed by atoms with van der Waals surface area (Å²) in [5.74, 6) is 1.20. The van der Waals surface area contributed by atoms with E-state index in [0.717, 1.165) is 27.9 Å². The second-order valence-electron chi connectivity index (χ2n) is 6.71. The van der Waals surface area contributed by atoms with E-state index in [9.17, 15) is 4.79 Å². The summed E-state index contributed by atoms with van der Waals surface area (Å²) in [7, 11) is 0. The lowest BCUT2D eigenvalue weighted by Crippen LogP contribution is -2.21. The van der Waals surface area contributed by atoms with Crippen LogP contribution < -0.4 is 9.75 Å². The predicted octanol–water partition coefficient (Wildman–Crippen LogP) is 5.68. The average molecular weight is 427 g/mol. The molecule has 2 aromatic rings. The van der Waals surface area contributed by atoms with Crippen molar-refractivity contribution in [3.05, 3.63) is 64.1 Å². The Morgan fingerprint density at radius 3 is 2.63 bits per heavy atom. The Morgan fingerprint density at radius 1 is 1.22 bits per heavy atom. The number of rotatable bonds is 6. The molecule has 0 spiro atoms. The molecule has 4 nitrogen and oxygen atoms in total. The van der Waals surface area contributed by atoms with E-state index in [4.69, 9.17) is 4.74 Å². The van der Waals surface area contributed by atoms with Gasteiger partial charge in [-0.3, -0.25) is 4.79 Å². The van der Waals surface area contributed by atoms with Crippen molar-refractivity contribution < 1.29 is 9.53 Å². The summed E-state index contributed by atoms with van der Waals surface area (Å²) in [4.78, 5) is 12.8. The molecule has 2 aromatic carbocycles. The van der Waals surface area contributed by atoms with Gasteiger partial charge in [0.2, 0.25) is 0 Å². The quantitative estimate of drug-likeness (QED) is 0.557. The zero-order valence-corrected chi connectivity index (χ0v) is 17.4. The molecule has 0 saturated heterocycles. The topological polar surface area (TPSA) is 41.9 Å². The molecule has 1 aliphatic heterocycles. The van der Waals surface area contributed by atoms with Gasteiger partial charge < -0.3 is 4.74 Å². The molecule has 0 N–H and O–H groups in total. The molecule has 0 saturated carbocycles. The Labute approximate surface area is 168 Å². The summed E-state index contributed by atoms with van der Waals surface area (Å²) in [5.41, 5.74) is 2.99. The molecule has 0 fully saturated rings. The van der Waals surface area contributed by atoms with Crippen molar-refractivity contribution in [2.24, 2.45) is 11.0 Å². The number of para-hydroxylation sites is 1.